The Kier molecular flexibility index (Phi) is 4.91. The second kappa shape index (κ2) is 7.53. The number of pyridine rings is 1. The number of aliphatic carboxylic acids is 1. The lowest BCUT2D eigenvalue weighted by Crippen LogP contribution is -2.12. The minimum atomic E-state index is -0.998. The van der Waals surface area contributed by atoms with Gasteiger partial charge in [0.1, 0.15) is 0 Å². The van der Waals surface area contributed by atoms with Gasteiger partial charge in [-0.15, -0.1) is 0 Å². The van der Waals surface area contributed by atoms with Crippen molar-refractivity contribution in [3.8, 4) is 11.1 Å². The van der Waals surface area contributed by atoms with E-state index in [0.717, 1.165) is 11.1 Å². The van der Waals surface area contributed by atoms with E-state index in [9.17, 15) is 14.7 Å². The Bertz CT molecular complexity index is 1210. The zero-order chi connectivity index (χ0) is 20.5. The van der Waals surface area contributed by atoms with Crippen molar-refractivity contribution in [3.63, 3.8) is 0 Å². The number of hydrogen-bond donors (Lipinski definition) is 2. The van der Waals surface area contributed by atoms with Crippen molar-refractivity contribution in [2.45, 2.75) is 12.8 Å². The molecule has 144 valence electrons. The van der Waals surface area contributed by atoms with Gasteiger partial charge in [-0.3, -0.25) is 14.6 Å². The SMILES string of the molecule is CC(C(=O)O)c1c(C(=O)c2ccc(-c3cccnc3)cc2)[nH]c2cc(Cl)ccc12. The number of ketones is 1. The molecule has 0 aliphatic carbocycles. The van der Waals surface area contributed by atoms with Gasteiger partial charge in [0.2, 0.25) is 5.78 Å². The minimum absolute atomic E-state index is 0.266. The Morgan fingerprint density at radius 1 is 1.07 bits per heavy atom. The Balaban J connectivity index is 1.78. The summed E-state index contributed by atoms with van der Waals surface area (Å²) >= 11 is 6.07. The average Bonchev–Trinajstić information content (AvgIpc) is 3.11. The summed E-state index contributed by atoms with van der Waals surface area (Å²) < 4.78 is 0. The highest BCUT2D eigenvalue weighted by atomic mass is 35.5. The van der Waals surface area contributed by atoms with Crippen LogP contribution in [0.25, 0.3) is 22.0 Å². The molecule has 0 aliphatic rings. The maximum atomic E-state index is 13.2. The summed E-state index contributed by atoms with van der Waals surface area (Å²) in [7, 11) is 0. The van der Waals surface area contributed by atoms with Crippen LogP contribution in [0.3, 0.4) is 0 Å². The van der Waals surface area contributed by atoms with Crippen molar-refractivity contribution in [1.29, 1.82) is 0 Å². The highest BCUT2D eigenvalue weighted by Crippen LogP contribution is 2.33. The fourth-order valence-corrected chi connectivity index (χ4v) is 3.61. The molecule has 1 unspecified atom stereocenters. The van der Waals surface area contributed by atoms with E-state index >= 15 is 0 Å². The number of aromatic nitrogens is 2. The summed E-state index contributed by atoms with van der Waals surface area (Å²) in [6.45, 7) is 1.57. The normalized spacial score (nSPS) is 12.1. The van der Waals surface area contributed by atoms with Crippen molar-refractivity contribution >= 4 is 34.3 Å². The lowest BCUT2D eigenvalue weighted by molar-refractivity contribution is -0.138. The second-order valence-electron chi connectivity index (χ2n) is 6.81. The van der Waals surface area contributed by atoms with Crippen LogP contribution >= 0.6 is 11.6 Å². The number of benzene rings is 2. The van der Waals surface area contributed by atoms with Crippen molar-refractivity contribution in [2.75, 3.05) is 0 Å². The van der Waals surface area contributed by atoms with Gasteiger partial charge in [-0.1, -0.05) is 48.0 Å². The van der Waals surface area contributed by atoms with Crippen LogP contribution in [-0.4, -0.2) is 26.8 Å². The minimum Gasteiger partial charge on any atom is -0.481 e. The van der Waals surface area contributed by atoms with Crippen LogP contribution < -0.4 is 0 Å². The van der Waals surface area contributed by atoms with Crippen molar-refractivity contribution in [1.82, 2.24) is 9.97 Å². The highest BCUT2D eigenvalue weighted by molar-refractivity contribution is 6.31. The molecular formula is C23H17ClN2O3. The standard InChI is InChI=1S/C23H17ClN2O3/c1-13(23(28)29)20-18-9-8-17(24)11-19(18)26-21(20)22(27)15-6-4-14(5-7-15)16-3-2-10-25-12-16/h2-13,26H,1H3,(H,28,29). The molecule has 0 fully saturated rings. The first kappa shape index (κ1) is 18.9. The number of nitrogens with zero attached hydrogens (tertiary/aromatic N) is 1. The predicted molar refractivity (Wildman–Crippen MR) is 112 cm³/mol. The molecule has 0 spiro atoms. The molecule has 2 N–H and O–H groups in total. The van der Waals surface area contributed by atoms with E-state index in [0.29, 0.717) is 27.1 Å². The maximum Gasteiger partial charge on any atom is 0.310 e. The number of aromatic amines is 1. The fraction of sp³-hybridized carbons (Fsp3) is 0.0870. The molecule has 0 aliphatic heterocycles. The number of halogens is 1. The monoisotopic (exact) mass is 404 g/mol. The Morgan fingerprint density at radius 2 is 1.83 bits per heavy atom. The first-order chi connectivity index (χ1) is 14.0. The molecule has 29 heavy (non-hydrogen) atoms. The molecule has 6 heteroatoms. The smallest absolute Gasteiger partial charge is 0.310 e. The second-order valence-corrected chi connectivity index (χ2v) is 7.25. The zero-order valence-electron chi connectivity index (χ0n) is 15.5. The van der Waals surface area contributed by atoms with Crippen LogP contribution in [0.15, 0.2) is 67.0 Å². The van der Waals surface area contributed by atoms with Gasteiger partial charge in [0.25, 0.3) is 0 Å². The van der Waals surface area contributed by atoms with Crippen LogP contribution in [0.2, 0.25) is 5.02 Å². The third kappa shape index (κ3) is 3.52. The largest absolute Gasteiger partial charge is 0.481 e. The number of hydrogen-bond acceptors (Lipinski definition) is 3. The fourth-order valence-electron chi connectivity index (χ4n) is 3.44. The van der Waals surface area contributed by atoms with Gasteiger partial charge in [0.15, 0.2) is 0 Å². The Hall–Kier alpha value is -3.44. The lowest BCUT2D eigenvalue weighted by atomic mass is 9.94. The summed E-state index contributed by atoms with van der Waals surface area (Å²) in [5.74, 6) is -2.11. The van der Waals surface area contributed by atoms with Crippen molar-refractivity contribution in [2.24, 2.45) is 0 Å². The van der Waals surface area contributed by atoms with Crippen LogP contribution in [0, 0.1) is 0 Å². The van der Waals surface area contributed by atoms with E-state index in [2.05, 4.69) is 9.97 Å². The molecule has 4 aromatic rings. The average molecular weight is 405 g/mol. The summed E-state index contributed by atoms with van der Waals surface area (Å²) in [4.78, 5) is 32.1. The number of carbonyl (C=O) groups excluding carboxylic acids is 1. The first-order valence-electron chi connectivity index (χ1n) is 9.05. The van der Waals surface area contributed by atoms with Gasteiger partial charge in [-0.25, -0.2) is 0 Å². The molecule has 0 bridgehead atoms. The van der Waals surface area contributed by atoms with Gasteiger partial charge in [0.05, 0.1) is 11.6 Å². The predicted octanol–water partition coefficient (Wildman–Crippen LogP) is 5.30. The maximum absolute atomic E-state index is 13.2. The van der Waals surface area contributed by atoms with E-state index in [1.807, 2.05) is 24.3 Å². The molecule has 0 radical (unpaired) electrons. The van der Waals surface area contributed by atoms with E-state index in [1.165, 1.54) is 0 Å². The van der Waals surface area contributed by atoms with Gasteiger partial charge in [-0.2, -0.15) is 0 Å². The first-order valence-corrected chi connectivity index (χ1v) is 9.42. The van der Waals surface area contributed by atoms with E-state index in [1.54, 1.807) is 49.6 Å². The molecule has 0 amide bonds. The molecule has 2 heterocycles. The molecule has 4 rings (SSSR count). The third-order valence-electron chi connectivity index (χ3n) is 4.97. The topological polar surface area (TPSA) is 83.0 Å². The summed E-state index contributed by atoms with van der Waals surface area (Å²) in [6, 6.07) is 16.1. The Morgan fingerprint density at radius 3 is 2.48 bits per heavy atom. The highest BCUT2D eigenvalue weighted by Gasteiger charge is 2.26. The number of fused-ring (bicyclic) bond motifs is 1. The summed E-state index contributed by atoms with van der Waals surface area (Å²) in [5.41, 5.74) is 3.73. The molecule has 2 aromatic heterocycles. The molecular weight excluding hydrogens is 388 g/mol. The number of carboxylic acid groups (broad SMARTS) is 1. The van der Waals surface area contributed by atoms with Crippen LogP contribution in [0.5, 0.6) is 0 Å². The van der Waals surface area contributed by atoms with Crippen LogP contribution in [0.4, 0.5) is 0 Å². The van der Waals surface area contributed by atoms with E-state index < -0.39 is 11.9 Å². The zero-order valence-corrected chi connectivity index (χ0v) is 16.3. The lowest BCUT2D eigenvalue weighted by Gasteiger charge is -2.09. The third-order valence-corrected chi connectivity index (χ3v) is 5.21. The van der Waals surface area contributed by atoms with Crippen LogP contribution in [0.1, 0.15) is 34.5 Å². The van der Waals surface area contributed by atoms with Gasteiger partial charge < -0.3 is 10.1 Å². The molecule has 5 nitrogen and oxygen atoms in total. The van der Waals surface area contributed by atoms with Gasteiger partial charge in [-0.05, 0) is 36.2 Å². The molecule has 1 atom stereocenters. The van der Waals surface area contributed by atoms with Crippen molar-refractivity contribution in [3.05, 3.63) is 88.8 Å². The number of carbonyl (C=O) groups is 2. The molecule has 2 aromatic carbocycles. The number of nitrogens with one attached hydrogen (secondary N) is 1. The van der Waals surface area contributed by atoms with Crippen LogP contribution in [-0.2, 0) is 4.79 Å². The van der Waals surface area contributed by atoms with E-state index in [-0.39, 0.29) is 11.5 Å². The molecule has 0 saturated carbocycles. The van der Waals surface area contributed by atoms with Gasteiger partial charge in [0, 0.05) is 39.4 Å². The Labute approximate surface area is 172 Å². The summed E-state index contributed by atoms with van der Waals surface area (Å²) in [5, 5.41) is 10.7. The van der Waals surface area contributed by atoms with E-state index in [4.69, 9.17) is 11.6 Å². The molecule has 0 saturated heterocycles. The summed E-state index contributed by atoms with van der Waals surface area (Å²) in [6.07, 6.45) is 3.46. The number of rotatable bonds is 5. The quantitative estimate of drug-likeness (QED) is 0.442. The number of carboxylic acids is 1. The van der Waals surface area contributed by atoms with Gasteiger partial charge >= 0.3 is 5.97 Å². The number of H-pyrrole nitrogens is 1. The van der Waals surface area contributed by atoms with Crippen molar-refractivity contribution < 1.29 is 14.7 Å².